The molecule has 0 spiro atoms. The number of thiazole rings is 2. The lowest BCUT2D eigenvalue weighted by atomic mass is 10.1. The average molecular weight is 369 g/mol. The normalized spacial score (nSPS) is 11.5. The largest absolute Gasteiger partial charge is 0.416 e. The minimum Gasteiger partial charge on any atom is -0.302 e. The van der Waals surface area contributed by atoms with E-state index in [1.807, 2.05) is 0 Å². The first-order valence-electron chi connectivity index (χ1n) is 6.73. The van der Waals surface area contributed by atoms with Crippen LogP contribution in [0.25, 0.3) is 10.6 Å². The average Bonchev–Trinajstić information content (AvgIpc) is 3.18. The summed E-state index contributed by atoms with van der Waals surface area (Å²) in [4.78, 5) is 20.1. The fraction of sp³-hybridized carbons (Fsp3) is 0.133. The number of nitrogens with zero attached hydrogens (tertiary/aromatic N) is 2. The monoisotopic (exact) mass is 369 g/mol. The van der Waals surface area contributed by atoms with Crippen LogP contribution in [0.1, 0.15) is 11.3 Å². The van der Waals surface area contributed by atoms with Crippen LogP contribution in [0.3, 0.4) is 0 Å². The van der Waals surface area contributed by atoms with E-state index in [0.717, 1.165) is 12.1 Å². The molecule has 0 bridgehead atoms. The van der Waals surface area contributed by atoms with Crippen molar-refractivity contribution in [1.29, 1.82) is 0 Å². The van der Waals surface area contributed by atoms with Gasteiger partial charge in [0.1, 0.15) is 5.01 Å². The lowest BCUT2D eigenvalue weighted by Crippen LogP contribution is -2.14. The molecular formula is C15H10F3N3OS2. The van der Waals surface area contributed by atoms with Crippen LogP contribution in [0.5, 0.6) is 0 Å². The SMILES string of the molecule is O=C(Cc1csc(-c2ccc(C(F)(F)F)cc2)n1)Nc1nccs1. The maximum Gasteiger partial charge on any atom is 0.416 e. The van der Waals surface area contributed by atoms with Crippen molar-refractivity contribution in [3.8, 4) is 10.6 Å². The van der Waals surface area contributed by atoms with E-state index >= 15 is 0 Å². The van der Waals surface area contributed by atoms with Crippen LogP contribution in [0.4, 0.5) is 18.3 Å². The highest BCUT2D eigenvalue weighted by atomic mass is 32.1. The second-order valence-corrected chi connectivity index (χ2v) is 6.53. The van der Waals surface area contributed by atoms with Gasteiger partial charge in [-0.05, 0) is 12.1 Å². The van der Waals surface area contributed by atoms with Gasteiger partial charge in [-0.1, -0.05) is 12.1 Å². The molecule has 24 heavy (non-hydrogen) atoms. The molecule has 0 saturated heterocycles. The van der Waals surface area contributed by atoms with Crippen molar-refractivity contribution in [1.82, 2.24) is 9.97 Å². The minimum absolute atomic E-state index is 0.0801. The molecule has 3 aromatic rings. The molecule has 0 saturated carbocycles. The second-order valence-electron chi connectivity index (χ2n) is 4.78. The number of rotatable bonds is 4. The first kappa shape index (κ1) is 16.6. The van der Waals surface area contributed by atoms with Gasteiger partial charge >= 0.3 is 6.18 Å². The Kier molecular flexibility index (Phi) is 4.63. The molecule has 2 aromatic heterocycles. The number of alkyl halides is 3. The molecule has 1 aromatic carbocycles. The van der Waals surface area contributed by atoms with E-state index in [-0.39, 0.29) is 12.3 Å². The van der Waals surface area contributed by atoms with E-state index in [0.29, 0.717) is 21.4 Å². The van der Waals surface area contributed by atoms with Crippen LogP contribution in [0.2, 0.25) is 0 Å². The topological polar surface area (TPSA) is 54.9 Å². The summed E-state index contributed by atoms with van der Waals surface area (Å²) in [6.07, 6.45) is -2.69. The number of carbonyl (C=O) groups is 1. The molecule has 4 nitrogen and oxygen atoms in total. The summed E-state index contributed by atoms with van der Waals surface area (Å²) >= 11 is 2.59. The summed E-state index contributed by atoms with van der Waals surface area (Å²) in [6, 6.07) is 4.79. The van der Waals surface area contributed by atoms with E-state index in [9.17, 15) is 18.0 Å². The lowest BCUT2D eigenvalue weighted by molar-refractivity contribution is -0.137. The highest BCUT2D eigenvalue weighted by molar-refractivity contribution is 7.13. The van der Waals surface area contributed by atoms with Gasteiger partial charge in [-0.15, -0.1) is 22.7 Å². The summed E-state index contributed by atoms with van der Waals surface area (Å²) in [7, 11) is 0. The van der Waals surface area contributed by atoms with Crippen LogP contribution < -0.4 is 5.32 Å². The quantitative estimate of drug-likeness (QED) is 0.738. The lowest BCUT2D eigenvalue weighted by Gasteiger charge is -2.06. The molecule has 3 rings (SSSR count). The third-order valence-electron chi connectivity index (χ3n) is 3.03. The highest BCUT2D eigenvalue weighted by Crippen LogP contribution is 2.31. The fourth-order valence-corrected chi connectivity index (χ4v) is 3.31. The predicted octanol–water partition coefficient (Wildman–Crippen LogP) is 4.47. The van der Waals surface area contributed by atoms with Crippen molar-refractivity contribution < 1.29 is 18.0 Å². The zero-order valence-electron chi connectivity index (χ0n) is 12.0. The van der Waals surface area contributed by atoms with Crippen molar-refractivity contribution in [3.05, 3.63) is 52.5 Å². The summed E-state index contributed by atoms with van der Waals surface area (Å²) in [6.45, 7) is 0. The Morgan fingerprint density at radius 1 is 1.17 bits per heavy atom. The van der Waals surface area contributed by atoms with Gasteiger partial charge in [0, 0.05) is 22.5 Å². The Bertz CT molecular complexity index is 827. The van der Waals surface area contributed by atoms with Crippen molar-refractivity contribution in [2.24, 2.45) is 0 Å². The molecule has 0 fully saturated rings. The molecule has 0 unspecified atom stereocenters. The van der Waals surface area contributed by atoms with E-state index < -0.39 is 11.7 Å². The third-order valence-corrected chi connectivity index (χ3v) is 4.66. The molecule has 0 aliphatic heterocycles. The maximum absolute atomic E-state index is 12.6. The predicted molar refractivity (Wildman–Crippen MR) is 87.0 cm³/mol. The number of carbonyl (C=O) groups excluding carboxylic acids is 1. The Balaban J connectivity index is 1.68. The van der Waals surface area contributed by atoms with Gasteiger partial charge in [-0.25, -0.2) is 9.97 Å². The summed E-state index contributed by atoms with van der Waals surface area (Å²) in [5.41, 5.74) is 0.439. The maximum atomic E-state index is 12.6. The Morgan fingerprint density at radius 3 is 2.54 bits per heavy atom. The smallest absolute Gasteiger partial charge is 0.302 e. The van der Waals surface area contributed by atoms with Crippen molar-refractivity contribution >= 4 is 33.7 Å². The molecule has 2 heterocycles. The van der Waals surface area contributed by atoms with Gasteiger partial charge in [-0.2, -0.15) is 13.2 Å². The first-order chi connectivity index (χ1) is 11.4. The number of halogens is 3. The fourth-order valence-electron chi connectivity index (χ4n) is 1.94. The molecular weight excluding hydrogens is 359 g/mol. The minimum atomic E-state index is -4.36. The number of benzene rings is 1. The van der Waals surface area contributed by atoms with Crippen LogP contribution in [-0.4, -0.2) is 15.9 Å². The molecule has 0 radical (unpaired) electrons. The van der Waals surface area contributed by atoms with Gasteiger partial charge in [-0.3, -0.25) is 4.79 Å². The van der Waals surface area contributed by atoms with Crippen LogP contribution >= 0.6 is 22.7 Å². The Labute approximate surface area is 143 Å². The number of aromatic nitrogens is 2. The van der Waals surface area contributed by atoms with E-state index in [1.54, 1.807) is 17.0 Å². The first-order valence-corrected chi connectivity index (χ1v) is 8.49. The zero-order valence-corrected chi connectivity index (χ0v) is 13.6. The van der Waals surface area contributed by atoms with Gasteiger partial charge in [0.25, 0.3) is 0 Å². The van der Waals surface area contributed by atoms with Crippen LogP contribution in [0, 0.1) is 0 Å². The Morgan fingerprint density at radius 2 is 1.92 bits per heavy atom. The van der Waals surface area contributed by atoms with Crippen molar-refractivity contribution in [3.63, 3.8) is 0 Å². The van der Waals surface area contributed by atoms with Gasteiger partial charge in [0.05, 0.1) is 17.7 Å². The Hall–Kier alpha value is -2.26. The van der Waals surface area contributed by atoms with E-state index in [2.05, 4.69) is 15.3 Å². The van der Waals surface area contributed by atoms with Crippen molar-refractivity contribution in [2.45, 2.75) is 12.6 Å². The van der Waals surface area contributed by atoms with Crippen LogP contribution in [0.15, 0.2) is 41.2 Å². The zero-order chi connectivity index (χ0) is 17.2. The van der Waals surface area contributed by atoms with E-state index in [4.69, 9.17) is 0 Å². The number of nitrogens with one attached hydrogen (secondary N) is 1. The van der Waals surface area contributed by atoms with Gasteiger partial charge in [0.2, 0.25) is 5.91 Å². The van der Waals surface area contributed by atoms with Crippen molar-refractivity contribution in [2.75, 3.05) is 5.32 Å². The molecule has 124 valence electrons. The molecule has 0 aliphatic rings. The molecule has 1 N–H and O–H groups in total. The number of anilines is 1. The third kappa shape index (κ3) is 3.98. The second kappa shape index (κ2) is 6.70. The van der Waals surface area contributed by atoms with Crippen LogP contribution in [-0.2, 0) is 17.4 Å². The molecule has 0 aliphatic carbocycles. The summed E-state index contributed by atoms with van der Waals surface area (Å²) < 4.78 is 37.7. The van der Waals surface area contributed by atoms with Gasteiger partial charge < -0.3 is 5.32 Å². The molecule has 1 amide bonds. The van der Waals surface area contributed by atoms with E-state index in [1.165, 1.54) is 34.8 Å². The number of hydrogen-bond donors (Lipinski definition) is 1. The summed E-state index contributed by atoms with van der Waals surface area (Å²) in [5, 5.41) is 7.20. The highest BCUT2D eigenvalue weighted by Gasteiger charge is 2.30. The van der Waals surface area contributed by atoms with Gasteiger partial charge in [0.15, 0.2) is 5.13 Å². The summed E-state index contributed by atoms with van der Waals surface area (Å²) in [5.74, 6) is -0.241. The molecule has 0 atom stereocenters. The standard InChI is InChI=1S/C15H10F3N3OS2/c16-15(17,18)10-3-1-9(2-4-10)13-20-11(8-24-13)7-12(22)21-14-19-5-6-23-14/h1-6,8H,7H2,(H,19,21,22). The molecule has 9 heteroatoms. The number of amides is 1. The number of hydrogen-bond acceptors (Lipinski definition) is 5.